The molecule has 0 aromatic heterocycles. The Morgan fingerprint density at radius 3 is 1.96 bits per heavy atom. The van der Waals surface area contributed by atoms with Crippen LogP contribution in [0.5, 0.6) is 0 Å². The summed E-state index contributed by atoms with van der Waals surface area (Å²) >= 11 is 1.95. The Morgan fingerprint density at radius 2 is 1.50 bits per heavy atom. The molecule has 1 saturated heterocycles. The normalized spacial score (nSPS) is 29.3. The highest BCUT2D eigenvalue weighted by molar-refractivity contribution is 14.1. The molecule has 10 heteroatoms. The van der Waals surface area contributed by atoms with E-state index in [1.54, 1.807) is 0 Å². The fraction of sp³-hybridized carbons (Fsp3) is 0.714. The third-order valence-corrected chi connectivity index (χ3v) is 4.38. The Bertz CT molecular complexity index is 495. The number of esters is 3. The first-order valence-corrected chi connectivity index (χ1v) is 8.40. The Hall–Kier alpha value is -1.43. The molecule has 0 unspecified atom stereocenters. The zero-order valence-electron chi connectivity index (χ0n) is 13.7. The highest BCUT2D eigenvalue weighted by Crippen LogP contribution is 2.30. The summed E-state index contributed by atoms with van der Waals surface area (Å²) < 4.78 is 20.6. The Labute approximate surface area is 152 Å². The summed E-state index contributed by atoms with van der Waals surface area (Å²) in [5.41, 5.74) is 0. The van der Waals surface area contributed by atoms with Crippen molar-refractivity contribution in [2.75, 3.05) is 6.61 Å². The van der Waals surface area contributed by atoms with E-state index in [0.717, 1.165) is 0 Å². The third kappa shape index (κ3) is 6.23. The van der Waals surface area contributed by atoms with E-state index in [1.165, 1.54) is 27.7 Å². The summed E-state index contributed by atoms with van der Waals surface area (Å²) in [7, 11) is 0. The number of rotatable bonds is 5. The lowest BCUT2D eigenvalue weighted by Crippen LogP contribution is -2.63. The number of hydrogen-bond acceptors (Lipinski definition) is 8. The van der Waals surface area contributed by atoms with Gasteiger partial charge in [-0.05, 0) is 0 Å². The van der Waals surface area contributed by atoms with E-state index in [0.29, 0.717) is 0 Å². The van der Waals surface area contributed by atoms with Gasteiger partial charge in [-0.15, -0.1) is 0 Å². The van der Waals surface area contributed by atoms with Crippen LogP contribution in [0.25, 0.3) is 0 Å². The van der Waals surface area contributed by atoms with Crippen LogP contribution in [0.3, 0.4) is 0 Å². The van der Waals surface area contributed by atoms with E-state index in [2.05, 4.69) is 5.32 Å². The number of carbonyl (C=O) groups excluding carboxylic acids is 4. The van der Waals surface area contributed by atoms with E-state index in [-0.39, 0.29) is 12.5 Å². The van der Waals surface area contributed by atoms with Crippen molar-refractivity contribution in [2.24, 2.45) is 0 Å². The first kappa shape index (κ1) is 20.6. The number of halogens is 1. The molecule has 1 aliphatic rings. The smallest absolute Gasteiger partial charge is 0.303 e. The maximum Gasteiger partial charge on any atom is 0.303 e. The van der Waals surface area contributed by atoms with Gasteiger partial charge in [0.05, 0.1) is 3.92 Å². The van der Waals surface area contributed by atoms with E-state index in [4.69, 9.17) is 18.9 Å². The predicted molar refractivity (Wildman–Crippen MR) is 88.0 cm³/mol. The van der Waals surface area contributed by atoms with Crippen molar-refractivity contribution < 1.29 is 38.1 Å². The van der Waals surface area contributed by atoms with Crippen LogP contribution in [-0.4, -0.2) is 58.9 Å². The van der Waals surface area contributed by atoms with Gasteiger partial charge in [0.2, 0.25) is 5.91 Å². The van der Waals surface area contributed by atoms with Crippen molar-refractivity contribution in [1.29, 1.82) is 0 Å². The second kappa shape index (κ2) is 9.16. The van der Waals surface area contributed by atoms with Gasteiger partial charge >= 0.3 is 17.9 Å². The zero-order chi connectivity index (χ0) is 18.4. The van der Waals surface area contributed by atoms with E-state index in [9.17, 15) is 19.2 Å². The molecule has 9 nitrogen and oxygen atoms in total. The molecule has 5 atom stereocenters. The predicted octanol–water partition coefficient (Wildman–Crippen LogP) is 0.0775. The van der Waals surface area contributed by atoms with Crippen LogP contribution in [0.1, 0.15) is 27.7 Å². The molecular weight excluding hydrogens is 437 g/mol. The minimum atomic E-state index is -0.974. The molecular formula is C14H20INO8. The van der Waals surface area contributed by atoms with Crippen molar-refractivity contribution in [2.45, 2.75) is 56.2 Å². The van der Waals surface area contributed by atoms with Gasteiger partial charge in [0.25, 0.3) is 0 Å². The number of amides is 1. The minimum Gasteiger partial charge on any atom is -0.463 e. The van der Waals surface area contributed by atoms with Crippen molar-refractivity contribution in [3.05, 3.63) is 0 Å². The largest absolute Gasteiger partial charge is 0.463 e. The monoisotopic (exact) mass is 457 g/mol. The SMILES string of the molecule is CC(=O)N[C@@H]1O[C@H](COC(C)=O)[C@@H](OC(C)=O)[C@H](OC(C)=O)[C@H]1I. The van der Waals surface area contributed by atoms with Crippen LogP contribution in [0, 0.1) is 0 Å². The van der Waals surface area contributed by atoms with Crippen LogP contribution < -0.4 is 5.32 Å². The van der Waals surface area contributed by atoms with Gasteiger partial charge in [0, 0.05) is 27.7 Å². The van der Waals surface area contributed by atoms with Crippen molar-refractivity contribution in [3.63, 3.8) is 0 Å². The molecule has 0 aromatic carbocycles. The quantitative estimate of drug-likeness (QED) is 0.267. The van der Waals surface area contributed by atoms with Crippen LogP contribution in [0.2, 0.25) is 0 Å². The van der Waals surface area contributed by atoms with Crippen LogP contribution >= 0.6 is 22.6 Å². The van der Waals surface area contributed by atoms with Gasteiger partial charge in [0.15, 0.2) is 12.2 Å². The van der Waals surface area contributed by atoms with E-state index < -0.39 is 46.4 Å². The fourth-order valence-electron chi connectivity index (χ4n) is 2.21. The Balaban J connectivity index is 3.08. The average Bonchev–Trinajstić information content (AvgIpc) is 2.42. The topological polar surface area (TPSA) is 117 Å². The van der Waals surface area contributed by atoms with Crippen molar-refractivity contribution in [1.82, 2.24) is 5.32 Å². The molecule has 24 heavy (non-hydrogen) atoms. The highest BCUT2D eigenvalue weighted by Gasteiger charge is 2.49. The second-order valence-corrected chi connectivity index (χ2v) is 6.63. The first-order chi connectivity index (χ1) is 11.1. The number of nitrogens with one attached hydrogen (secondary N) is 1. The fourth-order valence-corrected chi connectivity index (χ4v) is 3.12. The molecule has 0 spiro atoms. The Morgan fingerprint density at radius 1 is 0.958 bits per heavy atom. The van der Waals surface area contributed by atoms with Crippen LogP contribution in [0.4, 0.5) is 0 Å². The van der Waals surface area contributed by atoms with Gasteiger partial charge in [-0.3, -0.25) is 19.2 Å². The molecule has 0 aromatic rings. The molecule has 1 rings (SSSR count). The van der Waals surface area contributed by atoms with Gasteiger partial charge in [-0.1, -0.05) is 22.6 Å². The molecule has 1 heterocycles. The molecule has 1 aliphatic heterocycles. The molecule has 0 saturated carbocycles. The lowest BCUT2D eigenvalue weighted by molar-refractivity contribution is -0.214. The number of hydrogen-bond donors (Lipinski definition) is 1. The number of ether oxygens (including phenoxy) is 4. The van der Waals surface area contributed by atoms with Crippen molar-refractivity contribution >= 4 is 46.4 Å². The molecule has 1 N–H and O–H groups in total. The van der Waals surface area contributed by atoms with Gasteiger partial charge in [-0.2, -0.15) is 0 Å². The molecule has 0 radical (unpaired) electrons. The maximum atomic E-state index is 11.4. The van der Waals surface area contributed by atoms with Crippen LogP contribution in [-0.2, 0) is 38.1 Å². The summed E-state index contributed by atoms with van der Waals surface area (Å²) in [5, 5.41) is 2.59. The van der Waals surface area contributed by atoms with Gasteiger partial charge in [0.1, 0.15) is 18.9 Å². The van der Waals surface area contributed by atoms with E-state index >= 15 is 0 Å². The first-order valence-electron chi connectivity index (χ1n) is 7.16. The lowest BCUT2D eigenvalue weighted by atomic mass is 10.00. The summed E-state index contributed by atoms with van der Waals surface area (Å²) in [5.74, 6) is -2.07. The number of carbonyl (C=O) groups is 4. The van der Waals surface area contributed by atoms with Gasteiger partial charge < -0.3 is 24.3 Å². The maximum absolute atomic E-state index is 11.4. The molecule has 1 amide bonds. The molecule has 0 aliphatic carbocycles. The Kier molecular flexibility index (Phi) is 7.87. The standard InChI is InChI=1S/C14H20INO8/c1-6(17)16-14-11(15)13(23-9(4)20)12(22-8(3)19)10(24-14)5-21-7(2)18/h10-14H,5H2,1-4H3,(H,16,17)/t10-,11-,12-,13-,14-/m1/s1. The van der Waals surface area contributed by atoms with Crippen molar-refractivity contribution in [3.8, 4) is 0 Å². The van der Waals surface area contributed by atoms with Gasteiger partial charge in [-0.25, -0.2) is 0 Å². The lowest BCUT2D eigenvalue weighted by Gasteiger charge is -2.43. The summed E-state index contributed by atoms with van der Waals surface area (Å²) in [6.45, 7) is 4.74. The number of alkyl halides is 1. The zero-order valence-corrected chi connectivity index (χ0v) is 15.9. The highest BCUT2D eigenvalue weighted by atomic mass is 127. The minimum absolute atomic E-state index is 0.218. The summed E-state index contributed by atoms with van der Waals surface area (Å²) in [6.07, 6.45) is -3.55. The summed E-state index contributed by atoms with van der Waals surface area (Å²) in [6, 6.07) is 0. The molecule has 0 bridgehead atoms. The molecule has 1 fully saturated rings. The molecule has 136 valence electrons. The summed E-state index contributed by atoms with van der Waals surface area (Å²) in [4.78, 5) is 45.2. The second-order valence-electron chi connectivity index (χ2n) is 5.19. The average molecular weight is 457 g/mol. The van der Waals surface area contributed by atoms with Crippen LogP contribution in [0.15, 0.2) is 0 Å². The van der Waals surface area contributed by atoms with E-state index in [1.807, 2.05) is 22.6 Å². The third-order valence-electron chi connectivity index (χ3n) is 3.02.